The Hall–Kier alpha value is -3.92. The third-order valence-electron chi connectivity index (χ3n) is 5.37. The molecule has 0 aromatic heterocycles. The zero-order chi connectivity index (χ0) is 24.8. The maximum Gasteiger partial charge on any atom is 0.264 e. The molecule has 10 heteroatoms. The van der Waals surface area contributed by atoms with Crippen molar-refractivity contribution in [1.82, 2.24) is 5.32 Å². The molecule has 3 aromatic rings. The Morgan fingerprint density at radius 3 is 2.43 bits per heavy atom. The van der Waals surface area contributed by atoms with Gasteiger partial charge in [0.15, 0.2) is 11.5 Å². The molecule has 184 valence electrons. The van der Waals surface area contributed by atoms with E-state index in [-0.39, 0.29) is 29.5 Å². The zero-order valence-electron chi connectivity index (χ0n) is 19.3. The molecule has 1 N–H and O–H groups in total. The van der Waals surface area contributed by atoms with E-state index in [1.807, 2.05) is 12.1 Å². The molecule has 0 unspecified atom stereocenters. The van der Waals surface area contributed by atoms with Crippen LogP contribution in [0.1, 0.15) is 0 Å². The van der Waals surface area contributed by atoms with Crippen molar-refractivity contribution in [3.05, 3.63) is 72.8 Å². The monoisotopic (exact) mass is 498 g/mol. The molecule has 1 aliphatic rings. The van der Waals surface area contributed by atoms with Crippen molar-refractivity contribution in [2.45, 2.75) is 11.0 Å². The van der Waals surface area contributed by atoms with Crippen LogP contribution in [0.5, 0.6) is 23.0 Å². The van der Waals surface area contributed by atoms with Crippen LogP contribution in [0.25, 0.3) is 0 Å². The fraction of sp³-hybridized carbons (Fsp3) is 0.240. The van der Waals surface area contributed by atoms with Crippen LogP contribution < -0.4 is 28.6 Å². The summed E-state index contributed by atoms with van der Waals surface area (Å²) < 4.78 is 50.4. The SMILES string of the molecule is COc1ccc(OC)c(N(CC(=O)NC[C@H]2COc3ccccc3O2)S(=O)(=O)c2ccccc2)c1. The number of hydrogen-bond acceptors (Lipinski definition) is 7. The van der Waals surface area contributed by atoms with Crippen molar-refractivity contribution >= 4 is 21.6 Å². The molecule has 0 spiro atoms. The maximum atomic E-state index is 13.6. The summed E-state index contributed by atoms with van der Waals surface area (Å²) in [6, 6.07) is 19.9. The van der Waals surface area contributed by atoms with Gasteiger partial charge < -0.3 is 24.3 Å². The van der Waals surface area contributed by atoms with Crippen LogP contribution in [0.3, 0.4) is 0 Å². The summed E-state index contributed by atoms with van der Waals surface area (Å²) >= 11 is 0. The number of ether oxygens (including phenoxy) is 4. The second-order valence-corrected chi connectivity index (χ2v) is 9.53. The van der Waals surface area contributed by atoms with E-state index in [2.05, 4.69) is 5.32 Å². The summed E-state index contributed by atoms with van der Waals surface area (Å²) in [4.78, 5) is 13.0. The van der Waals surface area contributed by atoms with E-state index < -0.39 is 28.6 Å². The Morgan fingerprint density at radius 1 is 1.00 bits per heavy atom. The smallest absolute Gasteiger partial charge is 0.264 e. The number of amides is 1. The number of nitrogens with one attached hydrogen (secondary N) is 1. The van der Waals surface area contributed by atoms with Crippen molar-refractivity contribution in [1.29, 1.82) is 0 Å². The van der Waals surface area contributed by atoms with Crippen LogP contribution in [0, 0.1) is 0 Å². The first-order valence-electron chi connectivity index (χ1n) is 10.9. The van der Waals surface area contributed by atoms with E-state index in [4.69, 9.17) is 18.9 Å². The molecule has 1 atom stereocenters. The van der Waals surface area contributed by atoms with Gasteiger partial charge >= 0.3 is 0 Å². The van der Waals surface area contributed by atoms with E-state index in [9.17, 15) is 13.2 Å². The van der Waals surface area contributed by atoms with Crippen molar-refractivity contribution in [2.24, 2.45) is 0 Å². The van der Waals surface area contributed by atoms with Crippen molar-refractivity contribution in [3.63, 3.8) is 0 Å². The average Bonchev–Trinajstić information content (AvgIpc) is 2.90. The van der Waals surface area contributed by atoms with Gasteiger partial charge in [-0.2, -0.15) is 0 Å². The summed E-state index contributed by atoms with van der Waals surface area (Å²) in [5.41, 5.74) is 0.178. The minimum atomic E-state index is -4.11. The molecule has 0 aliphatic carbocycles. The third kappa shape index (κ3) is 5.43. The molecule has 1 heterocycles. The van der Waals surface area contributed by atoms with Crippen molar-refractivity contribution < 1.29 is 32.2 Å². The molecule has 4 rings (SSSR count). The number of carbonyl (C=O) groups is 1. The molecule has 0 saturated heterocycles. The Kier molecular flexibility index (Phi) is 7.31. The molecule has 0 fully saturated rings. The number of sulfonamides is 1. The molecule has 0 saturated carbocycles. The quantitative estimate of drug-likeness (QED) is 0.484. The first kappa shape index (κ1) is 24.2. The van der Waals surface area contributed by atoms with Gasteiger partial charge in [-0.3, -0.25) is 9.10 Å². The van der Waals surface area contributed by atoms with Crippen molar-refractivity contribution in [2.75, 3.05) is 38.2 Å². The number of methoxy groups -OCH3 is 2. The van der Waals surface area contributed by atoms with Crippen LogP contribution in [0.4, 0.5) is 5.69 Å². The average molecular weight is 499 g/mol. The summed E-state index contributed by atoms with van der Waals surface area (Å²) in [6.45, 7) is -0.0837. The summed E-state index contributed by atoms with van der Waals surface area (Å²) in [7, 11) is -1.21. The lowest BCUT2D eigenvalue weighted by molar-refractivity contribution is -0.120. The highest BCUT2D eigenvalue weighted by Gasteiger charge is 2.30. The van der Waals surface area contributed by atoms with E-state index in [1.54, 1.807) is 42.5 Å². The highest BCUT2D eigenvalue weighted by Crippen LogP contribution is 2.35. The Balaban J connectivity index is 1.56. The predicted molar refractivity (Wildman–Crippen MR) is 130 cm³/mol. The Labute approximate surface area is 204 Å². The largest absolute Gasteiger partial charge is 0.497 e. The summed E-state index contributed by atoms with van der Waals surface area (Å²) in [6.07, 6.45) is -0.417. The van der Waals surface area contributed by atoms with Crippen LogP contribution in [0.2, 0.25) is 0 Å². The van der Waals surface area contributed by atoms with Gasteiger partial charge in [-0.1, -0.05) is 30.3 Å². The van der Waals surface area contributed by atoms with Gasteiger partial charge in [0.1, 0.15) is 30.8 Å². The van der Waals surface area contributed by atoms with Crippen LogP contribution in [0.15, 0.2) is 77.7 Å². The number of hydrogen-bond donors (Lipinski definition) is 1. The number of rotatable bonds is 9. The lowest BCUT2D eigenvalue weighted by atomic mass is 10.2. The fourth-order valence-electron chi connectivity index (χ4n) is 3.59. The highest BCUT2D eigenvalue weighted by molar-refractivity contribution is 7.92. The molecule has 9 nitrogen and oxygen atoms in total. The minimum Gasteiger partial charge on any atom is -0.497 e. The maximum absolute atomic E-state index is 13.6. The number of anilines is 1. The number of benzene rings is 3. The van der Waals surface area contributed by atoms with Gasteiger partial charge in [0.25, 0.3) is 10.0 Å². The number of nitrogens with zero attached hydrogens (tertiary/aromatic N) is 1. The molecule has 35 heavy (non-hydrogen) atoms. The lowest BCUT2D eigenvalue weighted by Gasteiger charge is -2.28. The van der Waals surface area contributed by atoms with Crippen LogP contribution >= 0.6 is 0 Å². The van der Waals surface area contributed by atoms with Gasteiger partial charge in [0.05, 0.1) is 31.3 Å². The number of para-hydroxylation sites is 2. The molecular weight excluding hydrogens is 472 g/mol. The molecule has 0 bridgehead atoms. The predicted octanol–water partition coefficient (Wildman–Crippen LogP) is 2.86. The second-order valence-electron chi connectivity index (χ2n) is 7.66. The van der Waals surface area contributed by atoms with Gasteiger partial charge in [-0.05, 0) is 36.4 Å². The normalized spacial score (nSPS) is 14.6. The highest BCUT2D eigenvalue weighted by atomic mass is 32.2. The van der Waals surface area contributed by atoms with Gasteiger partial charge in [0.2, 0.25) is 5.91 Å². The van der Waals surface area contributed by atoms with Crippen LogP contribution in [-0.4, -0.2) is 54.3 Å². The van der Waals surface area contributed by atoms with Crippen LogP contribution in [-0.2, 0) is 14.8 Å². The Bertz CT molecular complexity index is 1280. The third-order valence-corrected chi connectivity index (χ3v) is 7.14. The summed E-state index contributed by atoms with van der Waals surface area (Å²) in [5, 5.41) is 2.75. The molecule has 0 radical (unpaired) electrons. The fourth-order valence-corrected chi connectivity index (χ4v) is 5.03. The molecule has 3 aromatic carbocycles. The zero-order valence-corrected chi connectivity index (χ0v) is 20.2. The van der Waals surface area contributed by atoms with E-state index in [0.717, 1.165) is 4.31 Å². The van der Waals surface area contributed by atoms with Gasteiger partial charge in [0, 0.05) is 6.07 Å². The number of carbonyl (C=O) groups excluding carboxylic acids is 1. The first-order valence-corrected chi connectivity index (χ1v) is 12.3. The standard InChI is InChI=1S/C25H26N2O7S/c1-31-18-12-13-22(32-2)21(14-18)27(35(29,30)20-8-4-3-5-9-20)16-25(28)26-15-19-17-33-23-10-6-7-11-24(23)34-19/h3-14,19H,15-17H2,1-2H3,(H,26,28)/t19-/m0/s1. The van der Waals surface area contributed by atoms with E-state index in [1.165, 1.54) is 32.4 Å². The molecule has 1 amide bonds. The topological polar surface area (TPSA) is 103 Å². The second kappa shape index (κ2) is 10.6. The van der Waals surface area contributed by atoms with E-state index in [0.29, 0.717) is 17.2 Å². The minimum absolute atomic E-state index is 0.0401. The van der Waals surface area contributed by atoms with Crippen molar-refractivity contribution in [3.8, 4) is 23.0 Å². The first-order chi connectivity index (χ1) is 16.9. The van der Waals surface area contributed by atoms with Gasteiger partial charge in [-0.25, -0.2) is 8.42 Å². The number of fused-ring (bicyclic) bond motifs is 1. The van der Waals surface area contributed by atoms with Gasteiger partial charge in [-0.15, -0.1) is 0 Å². The van der Waals surface area contributed by atoms with E-state index >= 15 is 0 Å². The molecule has 1 aliphatic heterocycles. The lowest BCUT2D eigenvalue weighted by Crippen LogP contribution is -2.45. The Morgan fingerprint density at radius 2 is 1.71 bits per heavy atom. The molecular formula is C25H26N2O7S. The summed E-state index contributed by atoms with van der Waals surface area (Å²) in [5.74, 6) is 1.41.